The Bertz CT molecular complexity index is 357. The maximum Gasteiger partial charge on any atom is 0.114 e. The molecule has 1 N–H and O–H groups in total. The average molecular weight is 237 g/mol. The molecule has 1 unspecified atom stereocenters. The minimum absolute atomic E-state index is 0.147. The third-order valence-electron chi connectivity index (χ3n) is 2.46. The molecule has 1 rings (SSSR count). The van der Waals surface area contributed by atoms with Crippen molar-refractivity contribution in [2.75, 3.05) is 5.32 Å². The van der Waals surface area contributed by atoms with Crippen LogP contribution in [0, 0.1) is 11.3 Å². The number of hydrogen-bond donors (Lipinski definition) is 1. The predicted octanol–water partition coefficient (Wildman–Crippen LogP) is 4.22. The van der Waals surface area contributed by atoms with Gasteiger partial charge >= 0.3 is 0 Å². The van der Waals surface area contributed by atoms with E-state index < -0.39 is 0 Å². The number of unbranched alkanes of at least 4 members (excludes halogenated alkanes) is 2. The van der Waals surface area contributed by atoms with Crippen LogP contribution in [0.25, 0.3) is 0 Å². The van der Waals surface area contributed by atoms with E-state index in [9.17, 15) is 0 Å². The van der Waals surface area contributed by atoms with Gasteiger partial charge in [-0.1, -0.05) is 49.9 Å². The average Bonchev–Trinajstić information content (AvgIpc) is 2.30. The lowest BCUT2D eigenvalue weighted by molar-refractivity contribution is 0.646. The molecule has 0 aliphatic rings. The van der Waals surface area contributed by atoms with Crippen molar-refractivity contribution in [1.82, 2.24) is 0 Å². The number of halogens is 1. The Hall–Kier alpha value is -1.20. The highest BCUT2D eigenvalue weighted by Gasteiger charge is 2.08. The molecule has 2 nitrogen and oxygen atoms in total. The molecule has 0 aliphatic carbocycles. The zero-order valence-electron chi connectivity index (χ0n) is 9.54. The molecule has 0 spiro atoms. The quantitative estimate of drug-likeness (QED) is 0.751. The van der Waals surface area contributed by atoms with Crippen molar-refractivity contribution in [2.24, 2.45) is 0 Å². The van der Waals surface area contributed by atoms with E-state index in [1.165, 1.54) is 12.8 Å². The van der Waals surface area contributed by atoms with E-state index >= 15 is 0 Å². The van der Waals surface area contributed by atoms with Crippen molar-refractivity contribution in [1.29, 1.82) is 5.26 Å². The summed E-state index contributed by atoms with van der Waals surface area (Å²) in [6.07, 6.45) is 4.29. The van der Waals surface area contributed by atoms with Gasteiger partial charge in [0.1, 0.15) is 6.04 Å². The van der Waals surface area contributed by atoms with Gasteiger partial charge in [0.2, 0.25) is 0 Å². The van der Waals surface area contributed by atoms with Crippen LogP contribution in [-0.4, -0.2) is 6.04 Å². The van der Waals surface area contributed by atoms with E-state index in [2.05, 4.69) is 18.3 Å². The van der Waals surface area contributed by atoms with E-state index in [4.69, 9.17) is 16.9 Å². The lowest BCUT2D eigenvalue weighted by Gasteiger charge is -2.13. The second kappa shape index (κ2) is 7.14. The monoisotopic (exact) mass is 236 g/mol. The number of nitriles is 1. The fourth-order valence-corrected chi connectivity index (χ4v) is 1.72. The standard InChI is InChI=1S/C13H17ClN2/c1-2-3-4-7-11(10-15)16-13-9-6-5-8-12(13)14/h5-6,8-9,11,16H,2-4,7H2,1H3. The summed E-state index contributed by atoms with van der Waals surface area (Å²) >= 11 is 6.01. The summed E-state index contributed by atoms with van der Waals surface area (Å²) in [5.41, 5.74) is 0.840. The third-order valence-corrected chi connectivity index (χ3v) is 2.79. The molecule has 1 aromatic carbocycles. The van der Waals surface area contributed by atoms with Gasteiger partial charge in [0.05, 0.1) is 16.8 Å². The van der Waals surface area contributed by atoms with Crippen LogP contribution in [0.5, 0.6) is 0 Å². The Morgan fingerprint density at radius 3 is 2.75 bits per heavy atom. The maximum atomic E-state index is 9.02. The zero-order chi connectivity index (χ0) is 11.8. The summed E-state index contributed by atoms with van der Waals surface area (Å²) in [6.45, 7) is 2.16. The molecule has 0 amide bonds. The normalized spacial score (nSPS) is 11.8. The Balaban J connectivity index is 2.51. The van der Waals surface area contributed by atoms with Gasteiger partial charge in [0.15, 0.2) is 0 Å². The lowest BCUT2D eigenvalue weighted by atomic mass is 10.1. The molecule has 16 heavy (non-hydrogen) atoms. The van der Waals surface area contributed by atoms with Gasteiger partial charge in [0.25, 0.3) is 0 Å². The van der Waals surface area contributed by atoms with Crippen LogP contribution in [-0.2, 0) is 0 Å². The first-order valence-corrected chi connectivity index (χ1v) is 6.06. The Morgan fingerprint density at radius 1 is 1.38 bits per heavy atom. The Kier molecular flexibility index (Phi) is 5.74. The minimum Gasteiger partial charge on any atom is -0.369 e. The van der Waals surface area contributed by atoms with Crippen molar-refractivity contribution in [3.05, 3.63) is 29.3 Å². The number of benzene rings is 1. The number of nitrogens with one attached hydrogen (secondary N) is 1. The van der Waals surface area contributed by atoms with E-state index in [-0.39, 0.29) is 6.04 Å². The van der Waals surface area contributed by atoms with Gasteiger partial charge in [-0.05, 0) is 18.6 Å². The molecule has 0 saturated heterocycles. The van der Waals surface area contributed by atoms with Crippen molar-refractivity contribution < 1.29 is 0 Å². The van der Waals surface area contributed by atoms with E-state index in [1.807, 2.05) is 24.3 Å². The zero-order valence-corrected chi connectivity index (χ0v) is 10.3. The summed E-state index contributed by atoms with van der Waals surface area (Å²) in [7, 11) is 0. The van der Waals surface area contributed by atoms with Crippen molar-refractivity contribution in [2.45, 2.75) is 38.6 Å². The van der Waals surface area contributed by atoms with Gasteiger partial charge in [-0.25, -0.2) is 0 Å². The van der Waals surface area contributed by atoms with Crippen molar-refractivity contribution in [3.63, 3.8) is 0 Å². The molecule has 0 aliphatic heterocycles. The van der Waals surface area contributed by atoms with Gasteiger partial charge in [-0.2, -0.15) is 5.26 Å². The Morgan fingerprint density at radius 2 is 2.12 bits per heavy atom. The molecule has 0 heterocycles. The van der Waals surface area contributed by atoms with Crippen LogP contribution in [0.1, 0.15) is 32.6 Å². The van der Waals surface area contributed by atoms with Gasteiger partial charge in [-0.15, -0.1) is 0 Å². The molecule has 0 radical (unpaired) electrons. The lowest BCUT2D eigenvalue weighted by Crippen LogP contribution is -2.17. The molecular formula is C13H17ClN2. The number of nitrogens with zero attached hydrogens (tertiary/aromatic N) is 1. The Labute approximate surface area is 102 Å². The number of hydrogen-bond acceptors (Lipinski definition) is 2. The molecule has 86 valence electrons. The molecule has 1 atom stereocenters. The summed E-state index contributed by atoms with van der Waals surface area (Å²) in [4.78, 5) is 0. The predicted molar refractivity (Wildman–Crippen MR) is 68.6 cm³/mol. The van der Waals surface area contributed by atoms with E-state index in [1.54, 1.807) is 0 Å². The molecular weight excluding hydrogens is 220 g/mol. The van der Waals surface area contributed by atoms with Crippen LogP contribution in [0.15, 0.2) is 24.3 Å². The number of anilines is 1. The van der Waals surface area contributed by atoms with Crippen molar-refractivity contribution in [3.8, 4) is 6.07 Å². The smallest absolute Gasteiger partial charge is 0.114 e. The van der Waals surface area contributed by atoms with Crippen molar-refractivity contribution >= 4 is 17.3 Å². The first-order chi connectivity index (χ1) is 7.77. The second-order valence-corrected chi connectivity index (χ2v) is 4.21. The fourth-order valence-electron chi connectivity index (χ4n) is 1.53. The maximum absolute atomic E-state index is 9.02. The van der Waals surface area contributed by atoms with Gasteiger partial charge in [0, 0.05) is 0 Å². The topological polar surface area (TPSA) is 35.8 Å². The first-order valence-electron chi connectivity index (χ1n) is 5.68. The summed E-state index contributed by atoms with van der Waals surface area (Å²) < 4.78 is 0. The van der Waals surface area contributed by atoms with Crippen LogP contribution < -0.4 is 5.32 Å². The highest BCUT2D eigenvalue weighted by atomic mass is 35.5. The SMILES string of the molecule is CCCCCC(C#N)Nc1ccccc1Cl. The molecule has 0 fully saturated rings. The van der Waals surface area contributed by atoms with Crippen LogP contribution in [0.2, 0.25) is 5.02 Å². The first kappa shape index (κ1) is 12.9. The number of para-hydroxylation sites is 1. The minimum atomic E-state index is -0.147. The molecule has 0 bridgehead atoms. The summed E-state index contributed by atoms with van der Waals surface area (Å²) in [5.74, 6) is 0. The number of rotatable bonds is 6. The molecule has 0 aromatic heterocycles. The summed E-state index contributed by atoms with van der Waals surface area (Å²) in [6, 6.07) is 9.63. The molecule has 3 heteroatoms. The third kappa shape index (κ3) is 4.12. The second-order valence-electron chi connectivity index (χ2n) is 3.80. The van der Waals surface area contributed by atoms with Crippen LogP contribution >= 0.6 is 11.6 Å². The van der Waals surface area contributed by atoms with E-state index in [0.29, 0.717) is 5.02 Å². The van der Waals surface area contributed by atoms with Crippen LogP contribution in [0.3, 0.4) is 0 Å². The van der Waals surface area contributed by atoms with Gasteiger partial charge < -0.3 is 5.32 Å². The van der Waals surface area contributed by atoms with Gasteiger partial charge in [-0.3, -0.25) is 0 Å². The fraction of sp³-hybridized carbons (Fsp3) is 0.462. The van der Waals surface area contributed by atoms with Crippen LogP contribution in [0.4, 0.5) is 5.69 Å². The molecule has 0 saturated carbocycles. The summed E-state index contributed by atoms with van der Waals surface area (Å²) in [5, 5.41) is 12.8. The molecule has 1 aromatic rings. The highest BCUT2D eigenvalue weighted by molar-refractivity contribution is 6.33. The highest BCUT2D eigenvalue weighted by Crippen LogP contribution is 2.22. The van der Waals surface area contributed by atoms with E-state index in [0.717, 1.165) is 18.5 Å². The largest absolute Gasteiger partial charge is 0.369 e.